The first kappa shape index (κ1) is 12.7. The first-order valence-electron chi connectivity index (χ1n) is 5.94. The van der Waals surface area contributed by atoms with Crippen molar-refractivity contribution in [2.24, 2.45) is 5.92 Å². The average Bonchev–Trinajstić information content (AvgIpc) is 2.61. The Balaban J connectivity index is 2.05. The quantitative estimate of drug-likeness (QED) is 0.603. The van der Waals surface area contributed by atoms with Crippen LogP contribution in [-0.4, -0.2) is 44.5 Å². The van der Waals surface area contributed by atoms with Crippen molar-refractivity contribution in [1.82, 2.24) is 4.90 Å². The van der Waals surface area contributed by atoms with Crippen LogP contribution < -0.4 is 0 Å². The molecule has 0 spiro atoms. The van der Waals surface area contributed by atoms with E-state index in [1.807, 2.05) is 0 Å². The minimum Gasteiger partial charge on any atom is -0.385 e. The van der Waals surface area contributed by atoms with E-state index >= 15 is 0 Å². The Morgan fingerprint density at radius 1 is 1.47 bits per heavy atom. The topological polar surface area (TPSA) is 29.5 Å². The number of methoxy groups -OCH3 is 1. The van der Waals surface area contributed by atoms with Crippen molar-refractivity contribution in [3.05, 3.63) is 0 Å². The summed E-state index contributed by atoms with van der Waals surface area (Å²) in [7, 11) is 3.85. The van der Waals surface area contributed by atoms with Crippen LogP contribution in [0.3, 0.4) is 0 Å². The molecular weight excluding hydrogens is 190 g/mol. The van der Waals surface area contributed by atoms with Gasteiger partial charge in [0, 0.05) is 32.6 Å². The van der Waals surface area contributed by atoms with Crippen molar-refractivity contribution < 1.29 is 9.53 Å². The standard InChI is InChI=1S/C12H23NO2/c1-13(8-4-10-15-2)9-7-11-5-3-6-12(11)14/h11H,3-10H2,1-2H3. The lowest BCUT2D eigenvalue weighted by molar-refractivity contribution is -0.120. The number of nitrogens with zero attached hydrogens (tertiary/aromatic N) is 1. The third-order valence-electron chi connectivity index (χ3n) is 3.18. The van der Waals surface area contributed by atoms with Gasteiger partial charge in [-0.1, -0.05) is 0 Å². The fourth-order valence-corrected chi connectivity index (χ4v) is 2.16. The van der Waals surface area contributed by atoms with Gasteiger partial charge in [-0.2, -0.15) is 0 Å². The predicted octanol–water partition coefficient (Wildman–Crippen LogP) is 1.71. The van der Waals surface area contributed by atoms with Crippen molar-refractivity contribution in [3.8, 4) is 0 Å². The van der Waals surface area contributed by atoms with Crippen LogP contribution >= 0.6 is 0 Å². The fraction of sp³-hybridized carbons (Fsp3) is 0.917. The number of hydrogen-bond acceptors (Lipinski definition) is 3. The van der Waals surface area contributed by atoms with Gasteiger partial charge >= 0.3 is 0 Å². The molecular formula is C12H23NO2. The number of carbonyl (C=O) groups excluding carboxylic acids is 1. The van der Waals surface area contributed by atoms with E-state index in [0.29, 0.717) is 11.7 Å². The highest BCUT2D eigenvalue weighted by Gasteiger charge is 2.23. The smallest absolute Gasteiger partial charge is 0.136 e. The second kappa shape index (κ2) is 6.96. The van der Waals surface area contributed by atoms with E-state index in [1.54, 1.807) is 7.11 Å². The average molecular weight is 213 g/mol. The van der Waals surface area contributed by atoms with Gasteiger partial charge in [0.15, 0.2) is 0 Å². The molecule has 0 aromatic rings. The summed E-state index contributed by atoms with van der Waals surface area (Å²) in [5.41, 5.74) is 0. The minimum absolute atomic E-state index is 0.356. The molecule has 1 saturated carbocycles. The molecule has 0 aromatic carbocycles. The fourth-order valence-electron chi connectivity index (χ4n) is 2.16. The van der Waals surface area contributed by atoms with Gasteiger partial charge in [-0.05, 0) is 39.3 Å². The van der Waals surface area contributed by atoms with E-state index in [4.69, 9.17) is 4.74 Å². The lowest BCUT2D eigenvalue weighted by Gasteiger charge is -2.18. The van der Waals surface area contributed by atoms with E-state index in [1.165, 1.54) is 0 Å². The Bertz CT molecular complexity index is 194. The molecule has 0 amide bonds. The van der Waals surface area contributed by atoms with Crippen LogP contribution in [0.4, 0.5) is 0 Å². The van der Waals surface area contributed by atoms with E-state index in [9.17, 15) is 4.79 Å². The van der Waals surface area contributed by atoms with Crippen LogP contribution in [-0.2, 0) is 9.53 Å². The summed E-state index contributed by atoms with van der Waals surface area (Å²) in [5, 5.41) is 0. The van der Waals surface area contributed by atoms with Gasteiger partial charge in [-0.3, -0.25) is 4.79 Å². The van der Waals surface area contributed by atoms with E-state index in [-0.39, 0.29) is 0 Å². The van der Waals surface area contributed by atoms with Crippen LogP contribution in [0.5, 0.6) is 0 Å². The van der Waals surface area contributed by atoms with Gasteiger partial charge < -0.3 is 9.64 Å². The molecule has 0 aromatic heterocycles. The molecule has 0 radical (unpaired) electrons. The summed E-state index contributed by atoms with van der Waals surface area (Å²) in [6.07, 6.45) is 5.16. The zero-order valence-electron chi connectivity index (χ0n) is 10.00. The SMILES string of the molecule is COCCCN(C)CCC1CCCC1=O. The highest BCUT2D eigenvalue weighted by Crippen LogP contribution is 2.24. The first-order valence-corrected chi connectivity index (χ1v) is 5.94. The lowest BCUT2D eigenvalue weighted by atomic mass is 10.0. The number of Topliss-reactive ketones (excluding diaryl/α,β-unsaturated/α-hetero) is 1. The van der Waals surface area contributed by atoms with E-state index in [0.717, 1.165) is 51.8 Å². The van der Waals surface area contributed by atoms with Gasteiger partial charge in [0.05, 0.1) is 0 Å². The Morgan fingerprint density at radius 2 is 2.27 bits per heavy atom. The molecule has 88 valence electrons. The van der Waals surface area contributed by atoms with Crippen LogP contribution in [0.15, 0.2) is 0 Å². The number of ketones is 1. The molecule has 1 aliphatic rings. The number of hydrogen-bond donors (Lipinski definition) is 0. The molecule has 1 fully saturated rings. The molecule has 3 heteroatoms. The number of carbonyl (C=O) groups is 1. The summed E-state index contributed by atoms with van der Waals surface area (Å²) < 4.78 is 5.01. The second-order valence-corrected chi connectivity index (χ2v) is 4.49. The van der Waals surface area contributed by atoms with Crippen LogP contribution in [0.1, 0.15) is 32.1 Å². The molecule has 1 aliphatic carbocycles. The van der Waals surface area contributed by atoms with Crippen molar-refractivity contribution in [3.63, 3.8) is 0 Å². The van der Waals surface area contributed by atoms with Gasteiger partial charge in [-0.25, -0.2) is 0 Å². The normalized spacial score (nSPS) is 21.5. The minimum atomic E-state index is 0.356. The maximum Gasteiger partial charge on any atom is 0.136 e. The Kier molecular flexibility index (Phi) is 5.88. The molecule has 1 atom stereocenters. The van der Waals surface area contributed by atoms with Crippen LogP contribution in [0, 0.1) is 5.92 Å². The Morgan fingerprint density at radius 3 is 2.87 bits per heavy atom. The van der Waals surface area contributed by atoms with Crippen molar-refractivity contribution in [1.29, 1.82) is 0 Å². The maximum absolute atomic E-state index is 11.4. The highest BCUT2D eigenvalue weighted by atomic mass is 16.5. The first-order chi connectivity index (χ1) is 7.24. The molecule has 0 aliphatic heterocycles. The van der Waals surface area contributed by atoms with Gasteiger partial charge in [-0.15, -0.1) is 0 Å². The Labute approximate surface area is 92.8 Å². The summed E-state index contributed by atoms with van der Waals surface area (Å²) in [6, 6.07) is 0. The largest absolute Gasteiger partial charge is 0.385 e. The number of rotatable bonds is 7. The lowest BCUT2D eigenvalue weighted by Crippen LogP contribution is -2.24. The second-order valence-electron chi connectivity index (χ2n) is 4.49. The molecule has 3 nitrogen and oxygen atoms in total. The van der Waals surface area contributed by atoms with Crippen molar-refractivity contribution in [2.75, 3.05) is 33.9 Å². The zero-order chi connectivity index (χ0) is 11.1. The third kappa shape index (κ3) is 4.76. The Hall–Kier alpha value is -0.410. The van der Waals surface area contributed by atoms with Gasteiger partial charge in [0.1, 0.15) is 5.78 Å². The molecule has 0 bridgehead atoms. The summed E-state index contributed by atoms with van der Waals surface area (Å²) >= 11 is 0. The molecule has 0 heterocycles. The summed E-state index contributed by atoms with van der Waals surface area (Å²) in [6.45, 7) is 2.93. The van der Waals surface area contributed by atoms with Crippen molar-refractivity contribution in [2.45, 2.75) is 32.1 Å². The third-order valence-corrected chi connectivity index (χ3v) is 3.18. The summed E-state index contributed by atoms with van der Waals surface area (Å²) in [5.74, 6) is 0.843. The van der Waals surface area contributed by atoms with Crippen LogP contribution in [0.2, 0.25) is 0 Å². The molecule has 1 rings (SSSR count). The van der Waals surface area contributed by atoms with E-state index < -0.39 is 0 Å². The molecule has 0 N–H and O–H groups in total. The number of ether oxygens (including phenoxy) is 1. The molecule has 1 unspecified atom stereocenters. The maximum atomic E-state index is 11.4. The van der Waals surface area contributed by atoms with Crippen LogP contribution in [0.25, 0.3) is 0 Å². The molecule has 15 heavy (non-hydrogen) atoms. The highest BCUT2D eigenvalue weighted by molar-refractivity contribution is 5.82. The summed E-state index contributed by atoms with van der Waals surface area (Å²) in [4.78, 5) is 13.7. The molecule has 0 saturated heterocycles. The predicted molar refractivity (Wildman–Crippen MR) is 61.0 cm³/mol. The van der Waals surface area contributed by atoms with Gasteiger partial charge in [0.25, 0.3) is 0 Å². The van der Waals surface area contributed by atoms with E-state index in [2.05, 4.69) is 11.9 Å². The van der Waals surface area contributed by atoms with Gasteiger partial charge in [0.2, 0.25) is 0 Å². The van der Waals surface area contributed by atoms with Crippen molar-refractivity contribution >= 4 is 5.78 Å². The monoisotopic (exact) mass is 213 g/mol. The zero-order valence-corrected chi connectivity index (χ0v) is 10.00.